The fourth-order valence-corrected chi connectivity index (χ4v) is 6.65. The van der Waals surface area contributed by atoms with Gasteiger partial charge in [0.15, 0.2) is 0 Å². The van der Waals surface area contributed by atoms with Crippen LogP contribution in [0.25, 0.3) is 22.2 Å². The van der Waals surface area contributed by atoms with Gasteiger partial charge in [-0.15, -0.1) is 0 Å². The van der Waals surface area contributed by atoms with E-state index in [0.29, 0.717) is 11.5 Å². The highest BCUT2D eigenvalue weighted by Gasteiger charge is 2.30. The van der Waals surface area contributed by atoms with E-state index < -0.39 is 5.97 Å². The minimum absolute atomic E-state index is 0.369. The number of aromatic nitrogens is 1. The number of hydrogen-bond donors (Lipinski definition) is 1. The Bertz CT molecular complexity index is 1270. The molecule has 204 valence electrons. The lowest BCUT2D eigenvalue weighted by molar-refractivity contribution is 0.0697. The monoisotopic (exact) mass is 517 g/mol. The number of carbonyl (C=O) groups is 1. The van der Waals surface area contributed by atoms with Crippen molar-refractivity contribution in [1.82, 2.24) is 9.47 Å². The van der Waals surface area contributed by atoms with E-state index in [4.69, 9.17) is 4.74 Å². The van der Waals surface area contributed by atoms with Crippen molar-refractivity contribution in [3.05, 3.63) is 53.1 Å². The molecule has 1 aliphatic carbocycles. The van der Waals surface area contributed by atoms with Crippen LogP contribution in [-0.2, 0) is 11.3 Å². The summed E-state index contributed by atoms with van der Waals surface area (Å²) in [5.74, 6) is -0.334. The van der Waals surface area contributed by atoms with Gasteiger partial charge in [-0.1, -0.05) is 44.4 Å². The Morgan fingerprint density at radius 1 is 1.08 bits per heavy atom. The maximum Gasteiger partial charge on any atom is 0.335 e. The van der Waals surface area contributed by atoms with Crippen molar-refractivity contribution in [3.8, 4) is 11.3 Å². The van der Waals surface area contributed by atoms with Gasteiger partial charge in [0.05, 0.1) is 17.9 Å². The molecule has 2 aromatic carbocycles. The number of benzene rings is 2. The molecule has 6 heteroatoms. The van der Waals surface area contributed by atoms with Gasteiger partial charge >= 0.3 is 5.97 Å². The normalized spacial score (nSPS) is 16.1. The molecular formula is C32H43N3O3. The zero-order chi connectivity index (χ0) is 26.6. The maximum absolute atomic E-state index is 11.9. The number of hydrogen-bond acceptors (Lipinski definition) is 4. The number of aromatic carboxylic acids is 1. The van der Waals surface area contributed by atoms with Gasteiger partial charge in [-0.25, -0.2) is 4.79 Å². The number of nitrogens with zero attached hydrogens (tertiary/aromatic N) is 3. The number of aryl methyl sites for hydroxylation is 1. The molecule has 2 aliphatic rings. The summed E-state index contributed by atoms with van der Waals surface area (Å²) in [6.07, 6.45) is 7.38. The summed E-state index contributed by atoms with van der Waals surface area (Å²) in [4.78, 5) is 16.9. The molecule has 1 saturated carbocycles. The van der Waals surface area contributed by atoms with E-state index in [0.717, 1.165) is 57.8 Å². The molecule has 3 aromatic rings. The Kier molecular flexibility index (Phi) is 8.39. The topological polar surface area (TPSA) is 57.9 Å². The minimum atomic E-state index is -0.859. The third-order valence-electron chi connectivity index (χ3n) is 8.67. The highest BCUT2D eigenvalue weighted by atomic mass is 16.5. The van der Waals surface area contributed by atoms with Gasteiger partial charge < -0.3 is 24.2 Å². The lowest BCUT2D eigenvalue weighted by Crippen LogP contribution is -2.33. The summed E-state index contributed by atoms with van der Waals surface area (Å²) in [6.45, 7) is 11.0. The first-order valence-corrected chi connectivity index (χ1v) is 14.5. The van der Waals surface area contributed by atoms with Crippen molar-refractivity contribution in [1.29, 1.82) is 0 Å². The van der Waals surface area contributed by atoms with E-state index in [2.05, 4.69) is 52.5 Å². The zero-order valence-corrected chi connectivity index (χ0v) is 23.3. The Balaban J connectivity index is 1.56. The molecule has 6 nitrogen and oxygen atoms in total. The molecule has 0 unspecified atom stereocenters. The maximum atomic E-state index is 11.9. The third kappa shape index (κ3) is 5.34. The molecule has 0 atom stereocenters. The minimum Gasteiger partial charge on any atom is -0.478 e. The second-order valence-electron chi connectivity index (χ2n) is 11.1. The fourth-order valence-electron chi connectivity index (χ4n) is 6.65. The molecule has 2 heterocycles. The van der Waals surface area contributed by atoms with Crippen molar-refractivity contribution in [2.24, 2.45) is 0 Å². The first kappa shape index (κ1) is 26.8. The van der Waals surface area contributed by atoms with Crippen LogP contribution in [0.1, 0.15) is 72.9 Å². The van der Waals surface area contributed by atoms with E-state index in [9.17, 15) is 9.90 Å². The van der Waals surface area contributed by atoms with E-state index in [1.165, 1.54) is 65.6 Å². The number of carboxylic acid groups (broad SMARTS) is 1. The quantitative estimate of drug-likeness (QED) is 0.331. The zero-order valence-electron chi connectivity index (χ0n) is 23.3. The highest BCUT2D eigenvalue weighted by Crippen LogP contribution is 2.47. The second kappa shape index (κ2) is 11.9. The van der Waals surface area contributed by atoms with Crippen LogP contribution in [0.3, 0.4) is 0 Å². The van der Waals surface area contributed by atoms with Gasteiger partial charge in [0.25, 0.3) is 0 Å². The van der Waals surface area contributed by atoms with E-state index in [-0.39, 0.29) is 0 Å². The fraction of sp³-hybridized carbons (Fsp3) is 0.531. The Morgan fingerprint density at radius 3 is 2.63 bits per heavy atom. The Morgan fingerprint density at radius 2 is 1.89 bits per heavy atom. The largest absolute Gasteiger partial charge is 0.478 e. The Hall–Kier alpha value is -2.83. The van der Waals surface area contributed by atoms with Gasteiger partial charge in [-0.2, -0.15) is 0 Å². The number of fused-ring (bicyclic) bond motifs is 5. The number of rotatable bonds is 10. The number of ether oxygens (including phenoxy) is 1. The molecule has 1 N–H and O–H groups in total. The average molecular weight is 518 g/mol. The van der Waals surface area contributed by atoms with E-state index >= 15 is 0 Å². The van der Waals surface area contributed by atoms with Crippen LogP contribution in [0.15, 0.2) is 36.4 Å². The van der Waals surface area contributed by atoms with Crippen molar-refractivity contribution < 1.29 is 14.6 Å². The first-order valence-electron chi connectivity index (χ1n) is 14.5. The summed E-state index contributed by atoms with van der Waals surface area (Å²) in [7, 11) is 1.77. The lowest BCUT2D eigenvalue weighted by Gasteiger charge is -2.28. The predicted octanol–water partition coefficient (Wildman–Crippen LogP) is 6.54. The summed E-state index contributed by atoms with van der Waals surface area (Å²) < 4.78 is 7.74. The lowest BCUT2D eigenvalue weighted by atomic mass is 9.81. The molecule has 1 aromatic heterocycles. The van der Waals surface area contributed by atoms with Gasteiger partial charge in [0.1, 0.15) is 0 Å². The summed E-state index contributed by atoms with van der Waals surface area (Å²) in [6, 6.07) is 12.7. The van der Waals surface area contributed by atoms with Gasteiger partial charge in [-0.05, 0) is 74.5 Å². The molecule has 38 heavy (non-hydrogen) atoms. The number of methoxy groups -OCH3 is 1. The summed E-state index contributed by atoms with van der Waals surface area (Å²) in [5.41, 5.74) is 8.11. The van der Waals surface area contributed by atoms with E-state index in [1.807, 2.05) is 6.07 Å². The van der Waals surface area contributed by atoms with Crippen LogP contribution >= 0.6 is 0 Å². The average Bonchev–Trinajstić information content (AvgIpc) is 3.17. The van der Waals surface area contributed by atoms with Crippen molar-refractivity contribution in [2.75, 3.05) is 51.3 Å². The second-order valence-corrected chi connectivity index (χ2v) is 11.1. The van der Waals surface area contributed by atoms with Crippen LogP contribution < -0.4 is 4.90 Å². The van der Waals surface area contributed by atoms with Crippen LogP contribution in [0.4, 0.5) is 5.69 Å². The summed E-state index contributed by atoms with van der Waals surface area (Å²) >= 11 is 0. The summed E-state index contributed by atoms with van der Waals surface area (Å²) in [5, 5.41) is 11.0. The van der Waals surface area contributed by atoms with Gasteiger partial charge in [0, 0.05) is 55.4 Å². The van der Waals surface area contributed by atoms with Crippen molar-refractivity contribution in [3.63, 3.8) is 0 Å². The number of likely N-dealkylation sites (N-methyl/N-ethyl adjacent to an activating group) is 1. The number of anilines is 1. The van der Waals surface area contributed by atoms with Crippen molar-refractivity contribution in [2.45, 2.75) is 64.8 Å². The van der Waals surface area contributed by atoms with Crippen LogP contribution in [0.5, 0.6) is 0 Å². The molecule has 0 amide bonds. The standard InChI is InChI=1S/C32H43N3O3/c1-4-33(19-20-38-3)15-8-16-34-17-18-35-29-22-25(32(36)37)12-14-26(29)30(24-9-6-5-7-10-24)31(35)27-13-11-23(2)21-28(27)34/h11-14,21-22,24H,4-10,15-20H2,1-3H3,(H,36,37). The Labute approximate surface area is 227 Å². The predicted molar refractivity (Wildman–Crippen MR) is 156 cm³/mol. The molecule has 1 aliphatic heterocycles. The third-order valence-corrected chi connectivity index (χ3v) is 8.67. The van der Waals surface area contributed by atoms with Crippen LogP contribution in [0, 0.1) is 6.92 Å². The van der Waals surface area contributed by atoms with E-state index in [1.54, 1.807) is 13.2 Å². The molecule has 0 spiro atoms. The molecule has 0 saturated heterocycles. The molecule has 0 bridgehead atoms. The molecular weight excluding hydrogens is 474 g/mol. The van der Waals surface area contributed by atoms with Gasteiger partial charge in [0.2, 0.25) is 0 Å². The highest BCUT2D eigenvalue weighted by molar-refractivity contribution is 5.99. The first-order chi connectivity index (χ1) is 18.5. The molecule has 5 rings (SSSR count). The molecule has 1 fully saturated rings. The van der Waals surface area contributed by atoms with Crippen molar-refractivity contribution >= 4 is 22.6 Å². The smallest absolute Gasteiger partial charge is 0.335 e. The SMILES string of the molecule is CCN(CCCN1CCn2c(c(C3CCCCC3)c3ccc(C(=O)O)cc32)-c2ccc(C)cc21)CCOC. The number of carboxylic acids is 1. The van der Waals surface area contributed by atoms with Gasteiger partial charge in [-0.3, -0.25) is 0 Å². The van der Waals surface area contributed by atoms with Crippen LogP contribution in [-0.4, -0.2) is 67.0 Å². The molecule has 0 radical (unpaired) electrons. The van der Waals surface area contributed by atoms with Crippen LogP contribution in [0.2, 0.25) is 0 Å².